The number of piperidine rings is 1. The molecule has 1 saturated heterocycles. The van der Waals surface area contributed by atoms with Gasteiger partial charge in [-0.2, -0.15) is 0 Å². The molecule has 1 unspecified atom stereocenters. The highest BCUT2D eigenvalue weighted by atomic mass is 16.1. The van der Waals surface area contributed by atoms with Crippen molar-refractivity contribution in [3.8, 4) is 0 Å². The maximum atomic E-state index is 11.1. The van der Waals surface area contributed by atoms with E-state index in [1.165, 1.54) is 0 Å². The van der Waals surface area contributed by atoms with Gasteiger partial charge in [0.05, 0.1) is 0 Å². The zero-order valence-corrected chi connectivity index (χ0v) is 9.26. The predicted molar refractivity (Wildman–Crippen MR) is 54.7 cm³/mol. The normalized spacial score (nSPS) is 23.2. The summed E-state index contributed by atoms with van der Waals surface area (Å²) in [7, 11) is 0. The highest BCUT2D eigenvalue weighted by Crippen LogP contribution is 2.25. The van der Waals surface area contributed by atoms with Crippen molar-refractivity contribution in [1.82, 2.24) is 4.90 Å². The van der Waals surface area contributed by atoms with Crippen LogP contribution in [-0.2, 0) is 4.79 Å². The van der Waals surface area contributed by atoms with Crippen LogP contribution in [0.25, 0.3) is 0 Å². The van der Waals surface area contributed by atoms with Crippen molar-refractivity contribution < 1.29 is 4.79 Å². The fourth-order valence-electron chi connectivity index (χ4n) is 1.71. The fourth-order valence-corrected chi connectivity index (χ4v) is 1.71. The molecule has 0 bridgehead atoms. The van der Waals surface area contributed by atoms with Gasteiger partial charge in [0.25, 0.3) is 0 Å². The van der Waals surface area contributed by atoms with E-state index in [1.807, 2.05) is 0 Å². The summed E-state index contributed by atoms with van der Waals surface area (Å²) in [5.74, 6) is 0.428. The smallest absolute Gasteiger partial charge is 0.135 e. The Morgan fingerprint density at radius 1 is 1.23 bits per heavy atom. The van der Waals surface area contributed by atoms with E-state index < -0.39 is 0 Å². The van der Waals surface area contributed by atoms with Gasteiger partial charge in [0.15, 0.2) is 0 Å². The number of likely N-dealkylation sites (tertiary alicyclic amines) is 1. The van der Waals surface area contributed by atoms with Crippen LogP contribution < -0.4 is 0 Å². The van der Waals surface area contributed by atoms with Gasteiger partial charge in [-0.1, -0.05) is 20.8 Å². The van der Waals surface area contributed by atoms with Crippen molar-refractivity contribution in [3.63, 3.8) is 0 Å². The summed E-state index contributed by atoms with van der Waals surface area (Å²) < 4.78 is 0. The fraction of sp³-hybridized carbons (Fsp3) is 0.909. The van der Waals surface area contributed by atoms with E-state index in [-0.39, 0.29) is 0 Å². The number of carbonyl (C=O) groups is 1. The van der Waals surface area contributed by atoms with Crippen LogP contribution in [0.15, 0.2) is 0 Å². The highest BCUT2D eigenvalue weighted by Gasteiger charge is 2.28. The van der Waals surface area contributed by atoms with E-state index in [0.29, 0.717) is 17.2 Å². The van der Waals surface area contributed by atoms with Gasteiger partial charge in [0, 0.05) is 32.0 Å². The molecular weight excluding hydrogens is 162 g/mol. The molecule has 13 heavy (non-hydrogen) atoms. The summed E-state index contributed by atoms with van der Waals surface area (Å²) in [6.07, 6.45) is 1.50. The minimum absolute atomic E-state index is 0.320. The number of ketones is 1. The van der Waals surface area contributed by atoms with Crippen molar-refractivity contribution in [3.05, 3.63) is 0 Å². The second-order valence-corrected chi connectivity index (χ2v) is 5.12. The summed E-state index contributed by atoms with van der Waals surface area (Å²) in [5, 5.41) is 0. The van der Waals surface area contributed by atoms with E-state index in [9.17, 15) is 4.79 Å². The lowest BCUT2D eigenvalue weighted by Gasteiger charge is -2.39. The van der Waals surface area contributed by atoms with E-state index in [2.05, 4.69) is 32.6 Å². The molecular formula is C11H21NO. The maximum Gasteiger partial charge on any atom is 0.135 e. The van der Waals surface area contributed by atoms with E-state index >= 15 is 0 Å². The summed E-state index contributed by atoms with van der Waals surface area (Å²) in [6, 6.07) is 0.570. The molecule has 1 rings (SSSR count). The Balaban J connectivity index is 2.49. The molecule has 76 valence electrons. The Morgan fingerprint density at radius 3 is 2.08 bits per heavy atom. The molecule has 1 aliphatic heterocycles. The number of hydrogen-bond donors (Lipinski definition) is 0. The Morgan fingerprint density at radius 2 is 1.69 bits per heavy atom. The number of hydrogen-bond acceptors (Lipinski definition) is 2. The summed E-state index contributed by atoms with van der Waals surface area (Å²) in [5.41, 5.74) is 0.320. The number of Topliss-reactive ketones (excluding diaryl/α,β-unsaturated/α-hetero) is 1. The molecule has 0 aliphatic carbocycles. The molecule has 2 nitrogen and oxygen atoms in total. The first-order chi connectivity index (χ1) is 5.91. The molecule has 1 heterocycles. The summed E-state index contributed by atoms with van der Waals surface area (Å²) >= 11 is 0. The maximum absolute atomic E-state index is 11.1. The van der Waals surface area contributed by atoms with Crippen LogP contribution >= 0.6 is 0 Å². The third kappa shape index (κ3) is 2.80. The van der Waals surface area contributed by atoms with Crippen LogP contribution in [0.2, 0.25) is 0 Å². The van der Waals surface area contributed by atoms with E-state index in [1.54, 1.807) is 0 Å². The lowest BCUT2D eigenvalue weighted by atomic mass is 9.86. The third-order valence-corrected chi connectivity index (χ3v) is 3.16. The molecule has 0 aromatic rings. The van der Waals surface area contributed by atoms with Gasteiger partial charge in [0.1, 0.15) is 5.78 Å². The van der Waals surface area contributed by atoms with E-state index in [0.717, 1.165) is 25.9 Å². The van der Waals surface area contributed by atoms with Gasteiger partial charge in [-0.15, -0.1) is 0 Å². The monoisotopic (exact) mass is 183 g/mol. The van der Waals surface area contributed by atoms with Gasteiger partial charge in [-0.05, 0) is 12.3 Å². The Labute approximate surface area is 81.3 Å². The second kappa shape index (κ2) is 3.79. The zero-order chi connectivity index (χ0) is 10.1. The van der Waals surface area contributed by atoms with Crippen LogP contribution in [0, 0.1) is 5.41 Å². The van der Waals surface area contributed by atoms with Crippen molar-refractivity contribution in [1.29, 1.82) is 0 Å². The molecule has 1 atom stereocenters. The summed E-state index contributed by atoms with van der Waals surface area (Å²) in [6.45, 7) is 10.9. The first-order valence-electron chi connectivity index (χ1n) is 5.17. The van der Waals surface area contributed by atoms with Crippen molar-refractivity contribution >= 4 is 5.78 Å². The number of nitrogens with zero attached hydrogens (tertiary/aromatic N) is 1. The van der Waals surface area contributed by atoms with Crippen molar-refractivity contribution in [2.45, 2.75) is 46.6 Å². The molecule has 1 aliphatic rings. The SMILES string of the molecule is CC(N1CCC(=O)CC1)C(C)(C)C. The second-order valence-electron chi connectivity index (χ2n) is 5.12. The first-order valence-corrected chi connectivity index (χ1v) is 5.17. The molecule has 0 aromatic carbocycles. The molecule has 0 spiro atoms. The molecule has 0 radical (unpaired) electrons. The Bertz CT molecular complexity index is 183. The largest absolute Gasteiger partial charge is 0.300 e. The first kappa shape index (κ1) is 10.7. The molecule has 0 amide bonds. The lowest BCUT2D eigenvalue weighted by Crippen LogP contribution is -2.46. The topological polar surface area (TPSA) is 20.3 Å². The van der Waals surface area contributed by atoms with E-state index in [4.69, 9.17) is 0 Å². The Kier molecular flexibility index (Phi) is 3.12. The van der Waals surface area contributed by atoms with Crippen molar-refractivity contribution in [2.75, 3.05) is 13.1 Å². The summed E-state index contributed by atoms with van der Waals surface area (Å²) in [4.78, 5) is 13.5. The zero-order valence-electron chi connectivity index (χ0n) is 9.26. The van der Waals surface area contributed by atoms with Crippen LogP contribution in [-0.4, -0.2) is 29.8 Å². The minimum Gasteiger partial charge on any atom is -0.300 e. The molecule has 0 N–H and O–H groups in total. The standard InChI is InChI=1S/C11H21NO/c1-9(11(2,3)4)12-7-5-10(13)6-8-12/h9H,5-8H2,1-4H3. The number of rotatable bonds is 1. The molecule has 0 saturated carbocycles. The molecule has 2 heteroatoms. The average Bonchev–Trinajstić information content (AvgIpc) is 2.03. The van der Waals surface area contributed by atoms with Gasteiger partial charge in [-0.3, -0.25) is 9.69 Å². The Hall–Kier alpha value is -0.370. The number of carbonyl (C=O) groups excluding carboxylic acids is 1. The lowest BCUT2D eigenvalue weighted by molar-refractivity contribution is -0.122. The van der Waals surface area contributed by atoms with Crippen LogP contribution in [0.1, 0.15) is 40.5 Å². The molecule has 1 fully saturated rings. The highest BCUT2D eigenvalue weighted by molar-refractivity contribution is 5.79. The van der Waals surface area contributed by atoms with Crippen molar-refractivity contribution in [2.24, 2.45) is 5.41 Å². The average molecular weight is 183 g/mol. The van der Waals surface area contributed by atoms with Gasteiger partial charge in [0.2, 0.25) is 0 Å². The molecule has 0 aromatic heterocycles. The third-order valence-electron chi connectivity index (χ3n) is 3.16. The van der Waals surface area contributed by atoms with Gasteiger partial charge >= 0.3 is 0 Å². The van der Waals surface area contributed by atoms with Crippen LogP contribution in [0.4, 0.5) is 0 Å². The van der Waals surface area contributed by atoms with Gasteiger partial charge in [-0.25, -0.2) is 0 Å². The minimum atomic E-state index is 0.320. The quantitative estimate of drug-likeness (QED) is 0.620. The predicted octanol–water partition coefficient (Wildman–Crippen LogP) is 2.09. The van der Waals surface area contributed by atoms with Crippen LogP contribution in [0.3, 0.4) is 0 Å². The van der Waals surface area contributed by atoms with Crippen LogP contribution in [0.5, 0.6) is 0 Å². The van der Waals surface area contributed by atoms with Gasteiger partial charge < -0.3 is 0 Å².